The first-order valence-corrected chi connectivity index (χ1v) is 11.9. The number of benzene rings is 2. The van der Waals surface area contributed by atoms with Crippen molar-refractivity contribution in [3.05, 3.63) is 70.6 Å². The smallest absolute Gasteiger partial charge is 0.459 e. The number of nitrogens with zero attached hydrogens (tertiary/aromatic N) is 1. The molecule has 1 heterocycles. The van der Waals surface area contributed by atoms with Crippen LogP contribution < -0.4 is 20.1 Å². The van der Waals surface area contributed by atoms with Crippen LogP contribution in [-0.4, -0.2) is 39.3 Å². The lowest BCUT2D eigenvalue weighted by Gasteiger charge is -2.25. The summed E-state index contributed by atoms with van der Waals surface area (Å²) in [6, 6.07) is 14.5. The van der Waals surface area contributed by atoms with Crippen molar-refractivity contribution < 1.29 is 27.6 Å². The monoisotopic (exact) mass is 474 g/mol. The van der Waals surface area contributed by atoms with E-state index in [4.69, 9.17) is 13.5 Å². The van der Waals surface area contributed by atoms with Gasteiger partial charge in [0.15, 0.2) is 0 Å². The van der Waals surface area contributed by atoms with E-state index in [9.17, 15) is 14.2 Å². The molecule has 0 aliphatic rings. The van der Waals surface area contributed by atoms with Crippen LogP contribution in [0.3, 0.4) is 0 Å². The number of ether oxygens (including phenoxy) is 1. The van der Waals surface area contributed by atoms with Crippen LogP contribution >= 0.6 is 7.75 Å². The predicted molar refractivity (Wildman–Crippen MR) is 126 cm³/mol. The third kappa shape index (κ3) is 6.44. The van der Waals surface area contributed by atoms with Crippen LogP contribution in [0.2, 0.25) is 0 Å². The number of anilines is 1. The molecule has 3 rings (SSSR count). The van der Waals surface area contributed by atoms with Gasteiger partial charge in [0.2, 0.25) is 0 Å². The van der Waals surface area contributed by atoms with E-state index in [0.29, 0.717) is 17.0 Å². The topological polar surface area (TPSA) is 107 Å². The number of likely N-dealkylation sites (N-methyl/N-ethyl adjacent to an activating group) is 1. The van der Waals surface area contributed by atoms with Crippen LogP contribution in [0.25, 0.3) is 11.0 Å². The van der Waals surface area contributed by atoms with Crippen molar-refractivity contribution in [2.75, 3.05) is 32.2 Å². The van der Waals surface area contributed by atoms with Crippen molar-refractivity contribution in [3.63, 3.8) is 0 Å². The lowest BCUT2D eigenvalue weighted by Crippen LogP contribution is -2.35. The van der Waals surface area contributed by atoms with E-state index in [0.717, 1.165) is 10.9 Å². The first kappa shape index (κ1) is 24.5. The average molecular weight is 474 g/mol. The van der Waals surface area contributed by atoms with Gasteiger partial charge >= 0.3 is 19.3 Å². The van der Waals surface area contributed by atoms with Crippen molar-refractivity contribution in [3.8, 4) is 5.75 Å². The minimum Gasteiger partial charge on any atom is -0.468 e. The van der Waals surface area contributed by atoms with E-state index in [-0.39, 0.29) is 13.2 Å². The molecule has 0 spiro atoms. The summed E-state index contributed by atoms with van der Waals surface area (Å²) < 4.78 is 34.6. The summed E-state index contributed by atoms with van der Waals surface area (Å²) in [5.41, 5.74) is 1.68. The van der Waals surface area contributed by atoms with Gasteiger partial charge in [0, 0.05) is 25.0 Å². The van der Waals surface area contributed by atoms with Crippen molar-refractivity contribution in [1.82, 2.24) is 5.09 Å². The zero-order valence-electron chi connectivity index (χ0n) is 18.9. The number of nitrogens with one attached hydrogen (secondary N) is 1. The fourth-order valence-corrected chi connectivity index (χ4v) is 4.65. The SMILES string of the molecule is COC(=O)C(C)NP(=O)(OCCN(C)c1cc(=O)oc2ccc(C)cc12)Oc1ccccc1. The van der Waals surface area contributed by atoms with E-state index in [1.165, 1.54) is 20.1 Å². The van der Waals surface area contributed by atoms with Gasteiger partial charge in [0.1, 0.15) is 17.4 Å². The molecular formula is C23H27N2O7P. The molecule has 0 radical (unpaired) electrons. The van der Waals surface area contributed by atoms with Gasteiger partial charge in [-0.1, -0.05) is 29.8 Å². The standard InChI is InChI=1S/C23H27N2O7P/c1-16-10-11-21-19(14-16)20(15-22(26)31-21)25(3)12-13-30-33(28,24-17(2)23(27)29-4)32-18-8-6-5-7-9-18/h5-11,14-15,17H,12-13H2,1-4H3,(H,24,28). The maximum absolute atomic E-state index is 13.4. The Morgan fingerprint density at radius 3 is 2.61 bits per heavy atom. The molecule has 1 aromatic heterocycles. The fourth-order valence-electron chi connectivity index (χ4n) is 3.17. The van der Waals surface area contributed by atoms with E-state index in [2.05, 4.69) is 9.82 Å². The maximum Gasteiger partial charge on any atom is 0.459 e. The molecule has 2 unspecified atom stereocenters. The molecule has 2 atom stereocenters. The summed E-state index contributed by atoms with van der Waals surface area (Å²) in [4.78, 5) is 25.6. The number of carbonyl (C=O) groups excluding carboxylic acids is 1. The van der Waals surface area contributed by atoms with Gasteiger partial charge in [0.05, 0.1) is 19.4 Å². The van der Waals surface area contributed by atoms with Gasteiger partial charge in [-0.25, -0.2) is 9.36 Å². The Labute approximate surface area is 191 Å². The quantitative estimate of drug-likeness (QED) is 0.266. The molecule has 0 amide bonds. The summed E-state index contributed by atoms with van der Waals surface area (Å²) in [6.45, 7) is 3.71. The number of methoxy groups -OCH3 is 1. The number of carbonyl (C=O) groups is 1. The third-order valence-corrected chi connectivity index (χ3v) is 6.53. The Kier molecular flexibility index (Phi) is 7.92. The van der Waals surface area contributed by atoms with E-state index in [1.807, 2.05) is 19.1 Å². The summed E-state index contributed by atoms with van der Waals surface area (Å²) in [7, 11) is -0.912. The Bertz CT molecular complexity index is 1210. The van der Waals surface area contributed by atoms with Gasteiger partial charge in [-0.15, -0.1) is 0 Å². The number of para-hydroxylation sites is 1. The Hall–Kier alpha value is -3.13. The first-order chi connectivity index (χ1) is 15.7. The van der Waals surface area contributed by atoms with Crippen LogP contribution in [-0.2, 0) is 18.6 Å². The van der Waals surface area contributed by atoms with E-state index in [1.54, 1.807) is 48.3 Å². The van der Waals surface area contributed by atoms with Gasteiger partial charge in [-0.2, -0.15) is 5.09 Å². The molecule has 9 nitrogen and oxygen atoms in total. The number of aryl methyl sites for hydroxylation is 1. The Morgan fingerprint density at radius 2 is 1.91 bits per heavy atom. The van der Waals surface area contributed by atoms with Crippen molar-refractivity contribution >= 4 is 30.4 Å². The molecular weight excluding hydrogens is 447 g/mol. The van der Waals surface area contributed by atoms with E-state index < -0.39 is 25.4 Å². The van der Waals surface area contributed by atoms with Crippen LogP contribution in [0.1, 0.15) is 12.5 Å². The zero-order valence-corrected chi connectivity index (χ0v) is 19.8. The third-order valence-electron chi connectivity index (χ3n) is 4.85. The van der Waals surface area contributed by atoms with Crippen LogP contribution in [0, 0.1) is 6.92 Å². The highest BCUT2D eigenvalue weighted by Gasteiger charge is 2.32. The summed E-state index contributed by atoms with van der Waals surface area (Å²) in [5.74, 6) is -0.286. The Balaban J connectivity index is 1.76. The summed E-state index contributed by atoms with van der Waals surface area (Å²) in [6.07, 6.45) is 0. The highest BCUT2D eigenvalue weighted by atomic mass is 31.2. The average Bonchev–Trinajstić information content (AvgIpc) is 2.78. The lowest BCUT2D eigenvalue weighted by molar-refractivity contribution is -0.142. The number of fused-ring (bicyclic) bond motifs is 1. The molecule has 0 saturated carbocycles. The highest BCUT2D eigenvalue weighted by Crippen LogP contribution is 2.44. The van der Waals surface area contributed by atoms with Gasteiger partial charge in [-0.05, 0) is 38.1 Å². The number of hydrogen-bond acceptors (Lipinski definition) is 8. The molecule has 176 valence electrons. The molecule has 0 aliphatic carbocycles. The second kappa shape index (κ2) is 10.7. The minimum atomic E-state index is -3.94. The van der Waals surface area contributed by atoms with Gasteiger partial charge < -0.3 is 18.6 Å². The van der Waals surface area contributed by atoms with Crippen molar-refractivity contribution in [2.24, 2.45) is 0 Å². The largest absolute Gasteiger partial charge is 0.468 e. The van der Waals surface area contributed by atoms with Crippen molar-refractivity contribution in [1.29, 1.82) is 0 Å². The minimum absolute atomic E-state index is 0.0188. The Morgan fingerprint density at radius 1 is 1.18 bits per heavy atom. The summed E-state index contributed by atoms with van der Waals surface area (Å²) >= 11 is 0. The molecule has 0 fully saturated rings. The van der Waals surface area contributed by atoms with E-state index >= 15 is 0 Å². The molecule has 1 N–H and O–H groups in total. The summed E-state index contributed by atoms with van der Waals surface area (Å²) in [5, 5.41) is 3.38. The molecule has 3 aromatic rings. The normalized spacial score (nSPS) is 13.8. The molecule has 0 saturated heterocycles. The molecule has 10 heteroatoms. The number of rotatable bonds is 10. The number of hydrogen-bond donors (Lipinski definition) is 1. The van der Waals surface area contributed by atoms with Crippen LogP contribution in [0.15, 0.2) is 63.8 Å². The fraction of sp³-hybridized carbons (Fsp3) is 0.304. The molecule has 33 heavy (non-hydrogen) atoms. The van der Waals surface area contributed by atoms with Gasteiger partial charge in [0.25, 0.3) is 0 Å². The van der Waals surface area contributed by atoms with Crippen molar-refractivity contribution in [2.45, 2.75) is 19.9 Å². The van der Waals surface area contributed by atoms with Gasteiger partial charge in [-0.3, -0.25) is 9.32 Å². The molecule has 2 aromatic carbocycles. The van der Waals surface area contributed by atoms with Crippen LogP contribution in [0.4, 0.5) is 5.69 Å². The second-order valence-corrected chi connectivity index (χ2v) is 9.17. The molecule has 0 aliphatic heterocycles. The first-order valence-electron chi connectivity index (χ1n) is 10.3. The maximum atomic E-state index is 13.4. The lowest BCUT2D eigenvalue weighted by atomic mass is 10.1. The number of esters is 1. The second-order valence-electron chi connectivity index (χ2n) is 7.48. The van der Waals surface area contributed by atoms with Crippen LogP contribution in [0.5, 0.6) is 5.75 Å². The molecule has 0 bridgehead atoms. The predicted octanol–water partition coefficient (Wildman–Crippen LogP) is 3.89. The zero-order chi connectivity index (χ0) is 24.0. The highest BCUT2D eigenvalue weighted by molar-refractivity contribution is 7.52.